The van der Waals surface area contributed by atoms with Crippen molar-refractivity contribution < 1.29 is 42.3 Å². The first-order valence-electron chi connectivity index (χ1n) is 21.9. The van der Waals surface area contributed by atoms with Crippen molar-refractivity contribution in [2.75, 3.05) is 32.8 Å². The highest BCUT2D eigenvalue weighted by Crippen LogP contribution is 2.51. The molecule has 2 heterocycles. The van der Waals surface area contributed by atoms with E-state index in [4.69, 9.17) is 32.7 Å². The summed E-state index contributed by atoms with van der Waals surface area (Å²) in [5.41, 5.74) is -0.0430. The molecule has 1 N–H and O–H groups in total. The second-order valence-electron chi connectivity index (χ2n) is 16.4. The highest BCUT2D eigenvalue weighted by atomic mass is 31.2. The molecular formula is C50H58N5O10P. The predicted molar refractivity (Wildman–Crippen MR) is 250 cm³/mol. The fraction of sp³-hybridized carbons (Fsp3) is 0.380. The van der Waals surface area contributed by atoms with E-state index in [2.05, 4.69) is 21.0 Å². The molecule has 0 radical (unpaired) electrons. The number of nitriles is 1. The van der Waals surface area contributed by atoms with Crippen LogP contribution in [0.1, 0.15) is 81.2 Å². The van der Waals surface area contributed by atoms with Crippen LogP contribution in [0.2, 0.25) is 0 Å². The van der Waals surface area contributed by atoms with Crippen LogP contribution in [0.3, 0.4) is 0 Å². The van der Waals surface area contributed by atoms with Gasteiger partial charge in [0, 0.05) is 24.2 Å². The number of hydrogen-bond acceptors (Lipinski definition) is 13. The van der Waals surface area contributed by atoms with Crippen LogP contribution in [0, 0.1) is 17.2 Å². The van der Waals surface area contributed by atoms with Gasteiger partial charge in [-0.1, -0.05) is 86.6 Å². The Morgan fingerprint density at radius 3 is 1.91 bits per heavy atom. The Morgan fingerprint density at radius 2 is 1.39 bits per heavy atom. The van der Waals surface area contributed by atoms with Gasteiger partial charge in [-0.05, 0) is 86.8 Å². The van der Waals surface area contributed by atoms with Crippen molar-refractivity contribution in [3.63, 3.8) is 0 Å². The number of nitrogens with one attached hydrogen (secondary N) is 1. The third-order valence-corrected chi connectivity index (χ3v) is 13.1. The molecule has 1 saturated heterocycles. The van der Waals surface area contributed by atoms with Crippen molar-refractivity contribution in [2.24, 2.45) is 5.92 Å². The zero-order valence-electron chi connectivity index (χ0n) is 38.5. The van der Waals surface area contributed by atoms with E-state index in [-0.39, 0.29) is 54.9 Å². The van der Waals surface area contributed by atoms with E-state index in [1.165, 1.54) is 16.8 Å². The molecule has 0 spiro atoms. The van der Waals surface area contributed by atoms with Gasteiger partial charge in [-0.2, -0.15) is 10.2 Å². The first kappa shape index (κ1) is 49.5. The summed E-state index contributed by atoms with van der Waals surface area (Å²) >= 11 is 0. The van der Waals surface area contributed by atoms with Crippen LogP contribution in [-0.2, 0) is 33.7 Å². The number of aromatic nitrogens is 2. The number of nitrogens with zero attached hydrogens (tertiary/aromatic N) is 4. The fourth-order valence-electron chi connectivity index (χ4n) is 7.71. The Balaban J connectivity index is 1.62. The van der Waals surface area contributed by atoms with Gasteiger partial charge < -0.3 is 38.0 Å². The second-order valence-corrected chi connectivity index (χ2v) is 17.8. The topological polar surface area (TPSA) is 173 Å². The lowest BCUT2D eigenvalue weighted by molar-refractivity contribution is -0.245. The summed E-state index contributed by atoms with van der Waals surface area (Å²) in [7, 11) is 1.24. The molecule has 1 aliphatic rings. The van der Waals surface area contributed by atoms with Crippen LogP contribution < -0.4 is 20.5 Å². The lowest BCUT2D eigenvalue weighted by atomic mass is 9.79. The van der Waals surface area contributed by atoms with Gasteiger partial charge in [-0.25, -0.2) is 14.3 Å². The Morgan fingerprint density at radius 1 is 0.833 bits per heavy atom. The first-order valence-corrected chi connectivity index (χ1v) is 23.0. The highest BCUT2D eigenvalue weighted by Gasteiger charge is 2.53. The average molecular weight is 920 g/mol. The van der Waals surface area contributed by atoms with Gasteiger partial charge in [-0.3, -0.25) is 9.36 Å². The average Bonchev–Trinajstić information content (AvgIpc) is 3.32. The Bertz CT molecular complexity index is 2390. The first-order chi connectivity index (χ1) is 31.8. The summed E-state index contributed by atoms with van der Waals surface area (Å²) in [6, 6.07) is 36.4. The molecule has 1 unspecified atom stereocenters. The third-order valence-electron chi connectivity index (χ3n) is 10.9. The van der Waals surface area contributed by atoms with Crippen molar-refractivity contribution in [2.45, 2.75) is 90.2 Å². The fourth-order valence-corrected chi connectivity index (χ4v) is 9.43. The van der Waals surface area contributed by atoms with Crippen molar-refractivity contribution >= 4 is 26.2 Å². The minimum Gasteiger partial charge on any atom is -0.497 e. The van der Waals surface area contributed by atoms with Crippen molar-refractivity contribution in [3.8, 4) is 17.6 Å². The molecule has 5 aromatic rings. The summed E-state index contributed by atoms with van der Waals surface area (Å²) < 4.78 is 49.0. The van der Waals surface area contributed by atoms with Crippen LogP contribution >= 0.6 is 8.53 Å². The molecule has 1 fully saturated rings. The van der Waals surface area contributed by atoms with Gasteiger partial charge in [0.1, 0.15) is 35.1 Å². The highest BCUT2D eigenvalue weighted by molar-refractivity contribution is 7.44. The summed E-state index contributed by atoms with van der Waals surface area (Å²) in [5, 5.41) is 12.2. The largest absolute Gasteiger partial charge is 0.497 e. The molecular weight excluding hydrogens is 862 g/mol. The van der Waals surface area contributed by atoms with Gasteiger partial charge in [0.25, 0.3) is 8.53 Å². The van der Waals surface area contributed by atoms with Gasteiger partial charge in [-0.15, -0.1) is 0 Å². The maximum Gasteiger partial charge on any atom is 0.351 e. The van der Waals surface area contributed by atoms with E-state index >= 15 is 0 Å². The van der Waals surface area contributed by atoms with E-state index in [0.717, 1.165) is 0 Å². The summed E-state index contributed by atoms with van der Waals surface area (Å²) in [5.74, 6) is -0.119. The minimum atomic E-state index is -1.92. The van der Waals surface area contributed by atoms with E-state index in [1.54, 1.807) is 58.4 Å². The van der Waals surface area contributed by atoms with Gasteiger partial charge in [0.15, 0.2) is 12.3 Å². The molecule has 66 heavy (non-hydrogen) atoms. The van der Waals surface area contributed by atoms with Crippen LogP contribution in [0.15, 0.2) is 126 Å². The SMILES string of the molecule is COc1ccc(C(O[C@@H]2[C@@H](OC(=O)c3ccccc3)[C@@H](OP(OCCC#N)N(C(C)C)C(C)C)CO[C@H]2n2ccc(NC(=O)C(C)C)nc2=O)(c2ccccc2)c2ccc(OC)cc2)cc1. The Kier molecular flexibility index (Phi) is 17.2. The quantitative estimate of drug-likeness (QED) is 0.0341. The molecule has 15 nitrogen and oxygen atoms in total. The monoisotopic (exact) mass is 919 g/mol. The molecule has 0 bridgehead atoms. The maximum absolute atomic E-state index is 14.5. The molecule has 0 saturated carbocycles. The van der Waals surface area contributed by atoms with E-state index < -0.39 is 50.3 Å². The van der Waals surface area contributed by atoms with Gasteiger partial charge in [0.05, 0.1) is 45.5 Å². The zero-order chi connectivity index (χ0) is 47.4. The van der Waals surface area contributed by atoms with Crippen LogP contribution in [0.25, 0.3) is 0 Å². The number of ether oxygens (including phenoxy) is 5. The number of esters is 1. The zero-order valence-corrected chi connectivity index (χ0v) is 39.4. The summed E-state index contributed by atoms with van der Waals surface area (Å²) in [6.07, 6.45) is -3.48. The van der Waals surface area contributed by atoms with Crippen LogP contribution in [0.5, 0.6) is 11.5 Å². The van der Waals surface area contributed by atoms with E-state index in [9.17, 15) is 19.6 Å². The molecule has 1 aliphatic heterocycles. The van der Waals surface area contributed by atoms with Gasteiger partial charge >= 0.3 is 11.7 Å². The number of amides is 1. The molecule has 6 rings (SSSR count). The maximum atomic E-state index is 14.5. The normalized spacial score (nSPS) is 17.9. The molecule has 5 atom stereocenters. The number of methoxy groups -OCH3 is 2. The van der Waals surface area contributed by atoms with Crippen molar-refractivity contribution in [3.05, 3.63) is 154 Å². The minimum absolute atomic E-state index is 0.0502. The Hall–Kier alpha value is -5.98. The van der Waals surface area contributed by atoms with Crippen molar-refractivity contribution in [1.82, 2.24) is 14.2 Å². The number of carbonyl (C=O) groups is 2. The standard InChI is InChI=1S/C50H58N5O10P/c1-33(2)46(56)52-43-28-30-54(49(58)53-43)47-45(64-50(37-18-13-10-14-19-37,38-20-24-40(59-7)25-21-38)39-22-26-41(60-8)27-23-39)44(63-48(57)36-16-11-9-12-17-36)42(32-61-47)65-66(62-31-15-29-51)55(34(3)4)35(5)6/h9-14,16-28,30,33-35,42,44-45,47H,15,31-32H2,1-8H3,(H,52,53,56,58)/t42-,44-,45+,47+,66?/m0/s1. The molecule has 16 heteroatoms. The molecule has 1 aromatic heterocycles. The number of anilines is 1. The summed E-state index contributed by atoms with van der Waals surface area (Å²) in [4.78, 5) is 45.7. The smallest absolute Gasteiger partial charge is 0.351 e. The summed E-state index contributed by atoms with van der Waals surface area (Å²) in [6.45, 7) is 11.4. The third kappa shape index (κ3) is 11.5. The number of carbonyl (C=O) groups excluding carboxylic acids is 2. The number of hydrogen-bond donors (Lipinski definition) is 1. The molecule has 348 valence electrons. The molecule has 0 aliphatic carbocycles. The predicted octanol–water partition coefficient (Wildman–Crippen LogP) is 8.65. The van der Waals surface area contributed by atoms with Gasteiger partial charge in [0.2, 0.25) is 5.91 Å². The number of benzene rings is 4. The lowest BCUT2D eigenvalue weighted by Crippen LogP contribution is -2.58. The van der Waals surface area contributed by atoms with E-state index in [1.807, 2.05) is 107 Å². The second kappa shape index (κ2) is 23.0. The molecule has 1 amide bonds. The van der Waals surface area contributed by atoms with Crippen LogP contribution in [-0.4, -0.2) is 83.9 Å². The Labute approximate surface area is 387 Å². The van der Waals surface area contributed by atoms with Crippen LogP contribution in [0.4, 0.5) is 5.82 Å². The lowest BCUT2D eigenvalue weighted by Gasteiger charge is -2.48. The number of rotatable bonds is 20. The van der Waals surface area contributed by atoms with E-state index in [0.29, 0.717) is 28.2 Å². The van der Waals surface area contributed by atoms with Crippen molar-refractivity contribution in [1.29, 1.82) is 5.26 Å². The molecule has 4 aromatic carbocycles.